The zero-order chi connectivity index (χ0) is 42.3. The highest BCUT2D eigenvalue weighted by Gasteiger charge is 2.23. The van der Waals surface area contributed by atoms with Crippen molar-refractivity contribution in [2.75, 3.05) is 0 Å². The molecule has 0 aliphatic rings. The average molecular weight is 830 g/mol. The Kier molecular flexibility index (Phi) is 6.89. The second-order valence-corrected chi connectivity index (χ2v) is 17.2. The molecule has 65 heavy (non-hydrogen) atoms. The van der Waals surface area contributed by atoms with Crippen molar-refractivity contribution < 1.29 is 8.83 Å². The van der Waals surface area contributed by atoms with E-state index in [1.165, 1.54) is 21.8 Å². The summed E-state index contributed by atoms with van der Waals surface area (Å²) in [6.45, 7) is 0. The number of furan rings is 2. The van der Waals surface area contributed by atoms with Crippen molar-refractivity contribution in [1.29, 1.82) is 0 Å². The molecule has 0 spiro atoms. The first-order chi connectivity index (χ1) is 32.2. The summed E-state index contributed by atoms with van der Waals surface area (Å²) < 4.78 is 20.8. The molecule has 0 amide bonds. The normalized spacial score (nSPS) is 12.3. The quantitative estimate of drug-likeness (QED) is 0.177. The van der Waals surface area contributed by atoms with Crippen molar-refractivity contribution in [1.82, 2.24) is 13.7 Å². The molecule has 0 radical (unpaired) electrons. The number of aromatic nitrogens is 3. The van der Waals surface area contributed by atoms with Gasteiger partial charge in [0.15, 0.2) is 0 Å². The first-order valence-electron chi connectivity index (χ1n) is 22.2. The summed E-state index contributed by atoms with van der Waals surface area (Å²) in [7, 11) is 0. The van der Waals surface area contributed by atoms with Crippen molar-refractivity contribution in [2.24, 2.45) is 0 Å². The summed E-state index contributed by atoms with van der Waals surface area (Å²) >= 11 is 0. The number of fused-ring (bicyclic) bond motifs is 17. The minimum Gasteiger partial charge on any atom is -0.455 e. The Morgan fingerprint density at radius 1 is 0.246 bits per heavy atom. The van der Waals surface area contributed by atoms with Crippen LogP contribution in [0.15, 0.2) is 221 Å². The van der Waals surface area contributed by atoms with E-state index >= 15 is 0 Å². The fourth-order valence-corrected chi connectivity index (χ4v) is 11.0. The molecule has 302 valence electrons. The number of hydrogen-bond donors (Lipinski definition) is 0. The number of benzene rings is 10. The molecule has 0 N–H and O–H groups in total. The van der Waals surface area contributed by atoms with Gasteiger partial charge in [0.05, 0.1) is 43.9 Å². The van der Waals surface area contributed by atoms with Gasteiger partial charge in [0.2, 0.25) is 0 Å². The number of hydrogen-bond acceptors (Lipinski definition) is 2. The highest BCUT2D eigenvalue weighted by molar-refractivity contribution is 6.26. The monoisotopic (exact) mass is 829 g/mol. The Hall–Kier alpha value is -8.80. The summed E-state index contributed by atoms with van der Waals surface area (Å²) in [4.78, 5) is 0. The van der Waals surface area contributed by atoms with E-state index in [1.807, 2.05) is 6.07 Å². The maximum absolute atomic E-state index is 7.00. The lowest BCUT2D eigenvalue weighted by Gasteiger charge is -2.10. The Morgan fingerprint density at radius 2 is 0.738 bits per heavy atom. The van der Waals surface area contributed by atoms with Crippen molar-refractivity contribution in [3.63, 3.8) is 0 Å². The van der Waals surface area contributed by atoms with Crippen molar-refractivity contribution >= 4 is 109 Å². The standard InChI is InChI=1S/C60H35N3O2/c1-2-14-38(15-3-1)61-52-29-26-40(63-51-23-10-6-20-46(51)57-53(63)30-27-44-43-19-7-11-24-55(43)64-59(44)57)35-48(52)58-54(61)31-28-45-47-34-37(25-32-56(47)65-60(45)58)36-13-12-16-39(33-36)62-49-21-8-4-17-41(49)42-18-5-9-22-50(42)62/h1-35H. The molecule has 0 unspecified atom stereocenters. The maximum Gasteiger partial charge on any atom is 0.145 e. The average Bonchev–Trinajstić information content (AvgIpc) is 4.17. The van der Waals surface area contributed by atoms with Gasteiger partial charge in [-0.1, -0.05) is 109 Å². The molecule has 0 bridgehead atoms. The first kappa shape index (κ1) is 34.7. The van der Waals surface area contributed by atoms with E-state index in [0.717, 1.165) is 116 Å². The third kappa shape index (κ3) is 4.76. The summed E-state index contributed by atoms with van der Waals surface area (Å²) in [5.41, 5.74) is 16.0. The predicted molar refractivity (Wildman–Crippen MR) is 269 cm³/mol. The molecule has 0 aliphatic heterocycles. The van der Waals surface area contributed by atoms with Gasteiger partial charge < -0.3 is 22.5 Å². The van der Waals surface area contributed by atoms with E-state index in [9.17, 15) is 0 Å². The molecule has 0 aliphatic carbocycles. The summed E-state index contributed by atoms with van der Waals surface area (Å²) in [6, 6.07) is 76.4. The molecule has 5 aromatic heterocycles. The zero-order valence-electron chi connectivity index (χ0n) is 34.9. The summed E-state index contributed by atoms with van der Waals surface area (Å²) in [5.74, 6) is 0. The Balaban J connectivity index is 0.953. The number of para-hydroxylation sites is 5. The molecule has 0 saturated heterocycles. The van der Waals surface area contributed by atoms with Crippen LogP contribution in [0.4, 0.5) is 0 Å². The Labute approximate surface area is 370 Å². The number of nitrogens with zero attached hydrogens (tertiary/aromatic N) is 3. The minimum atomic E-state index is 0.865. The maximum atomic E-state index is 7.00. The lowest BCUT2D eigenvalue weighted by atomic mass is 10.0. The second-order valence-electron chi connectivity index (χ2n) is 17.2. The predicted octanol–water partition coefficient (Wildman–Crippen LogP) is 16.4. The Bertz CT molecular complexity index is 4430. The largest absolute Gasteiger partial charge is 0.455 e. The van der Waals surface area contributed by atoms with Crippen LogP contribution >= 0.6 is 0 Å². The van der Waals surface area contributed by atoms with Crippen LogP contribution in [0, 0.1) is 0 Å². The molecule has 5 heterocycles. The molecule has 0 saturated carbocycles. The van der Waals surface area contributed by atoms with Gasteiger partial charge in [-0.25, -0.2) is 0 Å². The van der Waals surface area contributed by atoms with Crippen LogP contribution < -0.4 is 0 Å². The molecule has 15 aromatic rings. The third-order valence-corrected chi connectivity index (χ3v) is 13.8. The van der Waals surface area contributed by atoms with Gasteiger partial charge in [0.1, 0.15) is 22.3 Å². The van der Waals surface area contributed by atoms with Gasteiger partial charge in [-0.3, -0.25) is 0 Å². The van der Waals surface area contributed by atoms with Crippen LogP contribution in [0.1, 0.15) is 0 Å². The molecule has 15 rings (SSSR count). The van der Waals surface area contributed by atoms with Crippen molar-refractivity contribution in [3.05, 3.63) is 212 Å². The van der Waals surface area contributed by atoms with Crippen LogP contribution in [0.5, 0.6) is 0 Å². The summed E-state index contributed by atoms with van der Waals surface area (Å²) in [5, 5.41) is 11.5. The summed E-state index contributed by atoms with van der Waals surface area (Å²) in [6.07, 6.45) is 0. The van der Waals surface area contributed by atoms with E-state index in [1.54, 1.807) is 0 Å². The van der Waals surface area contributed by atoms with E-state index in [-0.39, 0.29) is 0 Å². The zero-order valence-corrected chi connectivity index (χ0v) is 34.9. The van der Waals surface area contributed by atoms with Gasteiger partial charge in [0, 0.05) is 60.2 Å². The van der Waals surface area contributed by atoms with E-state index in [0.29, 0.717) is 0 Å². The van der Waals surface area contributed by atoms with Gasteiger partial charge in [0.25, 0.3) is 0 Å². The first-order valence-corrected chi connectivity index (χ1v) is 22.2. The molecule has 0 fully saturated rings. The third-order valence-electron chi connectivity index (χ3n) is 13.8. The fraction of sp³-hybridized carbons (Fsp3) is 0. The van der Waals surface area contributed by atoms with Crippen LogP contribution in [0.2, 0.25) is 0 Å². The molecule has 0 atom stereocenters. The topological polar surface area (TPSA) is 41.1 Å². The molecule has 10 aromatic carbocycles. The Morgan fingerprint density at radius 3 is 1.48 bits per heavy atom. The van der Waals surface area contributed by atoms with E-state index in [4.69, 9.17) is 8.83 Å². The molecular formula is C60H35N3O2. The molecule has 5 heteroatoms. The van der Waals surface area contributed by atoms with E-state index < -0.39 is 0 Å². The molecular weight excluding hydrogens is 795 g/mol. The SMILES string of the molecule is c1ccc(-n2c3ccc(-n4c5ccccc5c5c6oc7ccccc7c6ccc54)cc3c3c4oc5ccc(-c6cccc(-n7c8ccccc8c8ccccc87)c6)cc5c4ccc32)cc1. The second kappa shape index (κ2) is 12.9. The lowest BCUT2D eigenvalue weighted by molar-refractivity contribution is 0.672. The number of rotatable bonds is 4. The van der Waals surface area contributed by atoms with Crippen LogP contribution in [-0.2, 0) is 0 Å². The van der Waals surface area contributed by atoms with Gasteiger partial charge in [-0.15, -0.1) is 0 Å². The highest BCUT2D eigenvalue weighted by Crippen LogP contribution is 2.45. The fourth-order valence-electron chi connectivity index (χ4n) is 11.0. The lowest BCUT2D eigenvalue weighted by Crippen LogP contribution is -1.95. The van der Waals surface area contributed by atoms with E-state index in [2.05, 4.69) is 220 Å². The van der Waals surface area contributed by atoms with Gasteiger partial charge in [-0.2, -0.15) is 0 Å². The molecule has 5 nitrogen and oxygen atoms in total. The van der Waals surface area contributed by atoms with Gasteiger partial charge in [-0.05, 0) is 114 Å². The minimum absolute atomic E-state index is 0.865. The van der Waals surface area contributed by atoms with Crippen LogP contribution in [0.25, 0.3) is 137 Å². The smallest absolute Gasteiger partial charge is 0.145 e. The van der Waals surface area contributed by atoms with Gasteiger partial charge >= 0.3 is 0 Å². The van der Waals surface area contributed by atoms with Crippen LogP contribution in [-0.4, -0.2) is 13.7 Å². The van der Waals surface area contributed by atoms with Crippen LogP contribution in [0.3, 0.4) is 0 Å². The van der Waals surface area contributed by atoms with Crippen molar-refractivity contribution in [2.45, 2.75) is 0 Å². The highest BCUT2D eigenvalue weighted by atomic mass is 16.3. The van der Waals surface area contributed by atoms with Crippen molar-refractivity contribution in [3.8, 4) is 28.2 Å².